The molecule has 3 aliphatic heterocycles. The van der Waals surface area contributed by atoms with Gasteiger partial charge < -0.3 is 24.5 Å². The van der Waals surface area contributed by atoms with E-state index >= 15 is 0 Å². The van der Waals surface area contributed by atoms with E-state index in [-0.39, 0.29) is 30.4 Å². The topological polar surface area (TPSA) is 90.4 Å². The van der Waals surface area contributed by atoms with Gasteiger partial charge in [-0.1, -0.05) is 42.5 Å². The minimum absolute atomic E-state index is 0.0852. The Morgan fingerprint density at radius 1 is 1.10 bits per heavy atom. The lowest BCUT2D eigenvalue weighted by molar-refractivity contribution is -0.154. The molecule has 0 aliphatic carbocycles. The van der Waals surface area contributed by atoms with Crippen LogP contribution in [0.15, 0.2) is 55.6 Å². The van der Waals surface area contributed by atoms with Crippen LogP contribution in [0.3, 0.4) is 0 Å². The lowest BCUT2D eigenvalue weighted by Crippen LogP contribution is -2.57. The van der Waals surface area contributed by atoms with Gasteiger partial charge in [0, 0.05) is 38.8 Å². The Bertz CT molecular complexity index is 1110. The zero-order valence-corrected chi connectivity index (χ0v) is 24.3. The second-order valence-corrected chi connectivity index (χ2v) is 11.9. The highest BCUT2D eigenvalue weighted by molar-refractivity contribution is 5.99. The minimum atomic E-state index is -1.05. The largest absolute Gasteiger partial charge is 0.396 e. The third kappa shape index (κ3) is 5.23. The maximum absolute atomic E-state index is 14.3. The SMILES string of the molecule is C=CCN(Cc1ccccc1)C(=O)[C@@H]1[C@H]2C(=O)N(CCCCCO)C(C(=O)N(CC=C)C(C)C)C23CC[C@@]1(C)O3. The van der Waals surface area contributed by atoms with Crippen molar-refractivity contribution in [1.29, 1.82) is 0 Å². The fraction of sp³-hybridized carbons (Fsp3) is 0.594. The average molecular weight is 552 g/mol. The van der Waals surface area contributed by atoms with Crippen molar-refractivity contribution in [3.63, 3.8) is 0 Å². The van der Waals surface area contributed by atoms with Gasteiger partial charge >= 0.3 is 0 Å². The van der Waals surface area contributed by atoms with Gasteiger partial charge in [-0.2, -0.15) is 0 Å². The van der Waals surface area contributed by atoms with Crippen molar-refractivity contribution in [3.8, 4) is 0 Å². The van der Waals surface area contributed by atoms with Crippen LogP contribution in [0.5, 0.6) is 0 Å². The standard InChI is InChI=1S/C32H45N3O5/c1-6-18-33(22-24-14-10-8-11-15-24)28(37)25-26-29(38)35(20-12-9-13-21-36)27(30(39)34(19-7-2)23(3)4)32(26)17-16-31(25,5)40-32/h6-8,10-11,14-15,23,25-27,36H,1-2,9,12-13,16-22H2,3-5H3/t25-,26-,27?,31+,32?/m0/s1. The van der Waals surface area contributed by atoms with Crippen molar-refractivity contribution < 1.29 is 24.2 Å². The molecule has 0 aromatic heterocycles. The summed E-state index contributed by atoms with van der Waals surface area (Å²) in [7, 11) is 0. The Balaban J connectivity index is 1.72. The molecule has 8 nitrogen and oxygen atoms in total. The molecule has 3 amide bonds. The molecule has 8 heteroatoms. The highest BCUT2D eigenvalue weighted by atomic mass is 16.5. The first-order chi connectivity index (χ1) is 19.1. The fourth-order valence-corrected chi connectivity index (χ4v) is 7.13. The van der Waals surface area contributed by atoms with Crippen LogP contribution in [0.25, 0.3) is 0 Å². The lowest BCUT2D eigenvalue weighted by Gasteiger charge is -2.38. The summed E-state index contributed by atoms with van der Waals surface area (Å²) in [6.07, 6.45) is 6.60. The van der Waals surface area contributed by atoms with Crippen molar-refractivity contribution in [3.05, 3.63) is 61.2 Å². The monoisotopic (exact) mass is 551 g/mol. The third-order valence-corrected chi connectivity index (χ3v) is 8.94. The number of aliphatic hydroxyl groups is 1. The van der Waals surface area contributed by atoms with Crippen LogP contribution >= 0.6 is 0 Å². The number of carbonyl (C=O) groups excluding carboxylic acids is 3. The van der Waals surface area contributed by atoms with Gasteiger partial charge in [0.2, 0.25) is 17.7 Å². The summed E-state index contributed by atoms with van der Waals surface area (Å²) in [6.45, 7) is 15.1. The van der Waals surface area contributed by atoms with Crippen LogP contribution in [0, 0.1) is 11.8 Å². The number of nitrogens with zero attached hydrogens (tertiary/aromatic N) is 3. The summed E-state index contributed by atoms with van der Waals surface area (Å²) >= 11 is 0. The Morgan fingerprint density at radius 2 is 1.80 bits per heavy atom. The molecule has 1 N–H and O–H groups in total. The van der Waals surface area contributed by atoms with E-state index in [1.54, 1.807) is 26.9 Å². The number of aliphatic hydroxyl groups excluding tert-OH is 1. The smallest absolute Gasteiger partial charge is 0.248 e. The van der Waals surface area contributed by atoms with Crippen molar-refractivity contribution in [2.45, 2.75) is 82.7 Å². The third-order valence-electron chi connectivity index (χ3n) is 8.94. The normalized spacial score (nSPS) is 28.6. The predicted octanol–water partition coefficient (Wildman–Crippen LogP) is 3.55. The van der Waals surface area contributed by atoms with Crippen LogP contribution in [0.2, 0.25) is 0 Å². The molecule has 1 aromatic rings. The van der Waals surface area contributed by atoms with Gasteiger partial charge in [0.25, 0.3) is 0 Å². The molecule has 40 heavy (non-hydrogen) atoms. The molecule has 4 rings (SSSR count). The number of unbranched alkanes of at least 4 members (excludes halogenated alkanes) is 2. The van der Waals surface area contributed by atoms with E-state index in [1.807, 2.05) is 51.1 Å². The number of benzene rings is 1. The summed E-state index contributed by atoms with van der Waals surface area (Å²) in [6, 6.07) is 8.89. The first-order valence-corrected chi connectivity index (χ1v) is 14.6. The number of fused-ring (bicyclic) bond motifs is 1. The van der Waals surface area contributed by atoms with E-state index in [0.717, 1.165) is 12.0 Å². The molecule has 3 saturated heterocycles. The Hall–Kier alpha value is -2.97. The van der Waals surface area contributed by atoms with Gasteiger partial charge in [-0.05, 0) is 58.4 Å². The summed E-state index contributed by atoms with van der Waals surface area (Å²) in [5, 5.41) is 9.27. The summed E-state index contributed by atoms with van der Waals surface area (Å²) in [4.78, 5) is 48.1. The number of hydrogen-bond donors (Lipinski definition) is 1. The maximum atomic E-state index is 14.3. The molecule has 3 heterocycles. The molecule has 1 aromatic carbocycles. The Labute approximate surface area is 238 Å². The molecule has 1 spiro atoms. The molecule has 2 unspecified atom stereocenters. The number of hydrogen-bond acceptors (Lipinski definition) is 5. The van der Waals surface area contributed by atoms with Gasteiger partial charge in [-0.25, -0.2) is 0 Å². The molecule has 0 radical (unpaired) electrons. The highest BCUT2D eigenvalue weighted by Gasteiger charge is 2.78. The number of amides is 3. The molecule has 2 bridgehead atoms. The van der Waals surface area contributed by atoms with Crippen LogP contribution < -0.4 is 0 Å². The van der Waals surface area contributed by atoms with E-state index < -0.39 is 29.1 Å². The van der Waals surface area contributed by atoms with Crippen LogP contribution in [0.1, 0.15) is 58.4 Å². The molecule has 3 fully saturated rings. The van der Waals surface area contributed by atoms with Crippen molar-refractivity contribution in [2.24, 2.45) is 11.8 Å². The molecule has 218 valence electrons. The van der Waals surface area contributed by atoms with E-state index in [9.17, 15) is 19.5 Å². The summed E-state index contributed by atoms with van der Waals surface area (Å²) < 4.78 is 6.80. The minimum Gasteiger partial charge on any atom is -0.396 e. The van der Waals surface area contributed by atoms with E-state index in [4.69, 9.17) is 4.74 Å². The molecular formula is C32H45N3O5. The van der Waals surface area contributed by atoms with Gasteiger partial charge in [-0.15, -0.1) is 13.2 Å². The van der Waals surface area contributed by atoms with Gasteiger partial charge in [0.15, 0.2) is 0 Å². The van der Waals surface area contributed by atoms with Crippen LogP contribution in [-0.2, 0) is 25.7 Å². The van der Waals surface area contributed by atoms with Gasteiger partial charge in [0.1, 0.15) is 11.6 Å². The first kappa shape index (κ1) is 30.0. The van der Waals surface area contributed by atoms with E-state index in [2.05, 4.69) is 13.2 Å². The molecule has 5 atom stereocenters. The van der Waals surface area contributed by atoms with E-state index in [0.29, 0.717) is 51.9 Å². The molecule has 0 saturated carbocycles. The second-order valence-electron chi connectivity index (χ2n) is 11.9. The molecular weight excluding hydrogens is 506 g/mol. The fourth-order valence-electron chi connectivity index (χ4n) is 7.13. The highest BCUT2D eigenvalue weighted by Crippen LogP contribution is 2.63. The predicted molar refractivity (Wildman–Crippen MR) is 154 cm³/mol. The number of carbonyl (C=O) groups is 3. The zero-order chi connectivity index (χ0) is 29.1. The van der Waals surface area contributed by atoms with Gasteiger partial charge in [0.05, 0.1) is 17.4 Å². The van der Waals surface area contributed by atoms with E-state index in [1.165, 1.54) is 0 Å². The zero-order valence-electron chi connectivity index (χ0n) is 24.3. The number of rotatable bonds is 14. The Kier molecular flexibility index (Phi) is 9.20. The Morgan fingerprint density at radius 3 is 2.42 bits per heavy atom. The van der Waals surface area contributed by atoms with Crippen molar-refractivity contribution in [2.75, 3.05) is 26.2 Å². The van der Waals surface area contributed by atoms with Crippen molar-refractivity contribution in [1.82, 2.24) is 14.7 Å². The lowest BCUT2D eigenvalue weighted by atomic mass is 9.66. The first-order valence-electron chi connectivity index (χ1n) is 14.6. The number of ether oxygens (including phenoxy) is 1. The van der Waals surface area contributed by atoms with Crippen LogP contribution in [-0.4, -0.2) is 87.1 Å². The quantitative estimate of drug-likeness (QED) is 0.282. The van der Waals surface area contributed by atoms with Crippen molar-refractivity contribution >= 4 is 17.7 Å². The average Bonchev–Trinajstić information content (AvgIpc) is 3.50. The second kappa shape index (κ2) is 12.3. The summed E-state index contributed by atoms with van der Waals surface area (Å²) in [5.41, 5.74) is -0.896. The summed E-state index contributed by atoms with van der Waals surface area (Å²) in [5.74, 6) is -1.89. The molecule has 3 aliphatic rings. The van der Waals surface area contributed by atoms with Crippen LogP contribution in [0.4, 0.5) is 0 Å². The van der Waals surface area contributed by atoms with Gasteiger partial charge in [-0.3, -0.25) is 14.4 Å². The maximum Gasteiger partial charge on any atom is 0.248 e. The number of likely N-dealkylation sites (tertiary alicyclic amines) is 1.